The first-order valence-electron chi connectivity index (χ1n) is 4.91. The highest BCUT2D eigenvalue weighted by molar-refractivity contribution is 7.13. The molecular weight excluding hydrogens is 236 g/mol. The van der Waals surface area contributed by atoms with Crippen LogP contribution in [0.5, 0.6) is 0 Å². The quantitative estimate of drug-likeness (QED) is 0.429. The van der Waals surface area contributed by atoms with Crippen molar-refractivity contribution in [3.8, 4) is 10.4 Å². The zero-order valence-electron chi connectivity index (χ0n) is 8.96. The minimum atomic E-state index is -0.562. The summed E-state index contributed by atoms with van der Waals surface area (Å²) in [5, 5.41) is 2.96. The van der Waals surface area contributed by atoms with Crippen LogP contribution >= 0.6 is 11.3 Å². The van der Waals surface area contributed by atoms with Crippen LogP contribution in [0.25, 0.3) is 10.4 Å². The maximum atomic E-state index is 11.3. The van der Waals surface area contributed by atoms with Crippen LogP contribution in [0.15, 0.2) is 41.8 Å². The Balaban J connectivity index is 2.32. The maximum Gasteiger partial charge on any atom is 0.350 e. The summed E-state index contributed by atoms with van der Waals surface area (Å²) in [5.41, 5.74) is 3.58. The Morgan fingerprint density at radius 2 is 2.12 bits per heavy atom. The molecule has 0 aliphatic carbocycles. The second kappa shape index (κ2) is 4.96. The number of hydrogen-bond acceptors (Lipinski definition) is 4. The smallest absolute Gasteiger partial charge is 0.274 e. The number of nitrogens with one attached hydrogen (secondary N) is 1. The third-order valence-electron chi connectivity index (χ3n) is 2.27. The third-order valence-corrected chi connectivity index (χ3v) is 3.19. The lowest BCUT2D eigenvalue weighted by atomic mass is 10.1. The highest BCUT2D eigenvalue weighted by Crippen LogP contribution is 2.27. The Morgan fingerprint density at radius 3 is 2.76 bits per heavy atom. The number of thiophene rings is 1. The van der Waals surface area contributed by atoms with E-state index in [1.807, 2.05) is 41.1 Å². The molecule has 0 saturated carbocycles. The van der Waals surface area contributed by atoms with Crippen LogP contribution in [0.3, 0.4) is 0 Å². The van der Waals surface area contributed by atoms with Crippen molar-refractivity contribution in [3.63, 3.8) is 0 Å². The molecule has 1 heterocycles. The molecule has 2 amide bonds. The number of rotatable bonds is 2. The number of urea groups is 1. The Hall–Kier alpha value is -1.89. The van der Waals surface area contributed by atoms with Crippen LogP contribution in [-0.4, -0.2) is 6.03 Å². The number of nitrogens with zero attached hydrogens (tertiary/aromatic N) is 1. The van der Waals surface area contributed by atoms with E-state index < -0.39 is 6.03 Å². The Kier molecular flexibility index (Phi) is 3.38. The molecule has 88 valence electrons. The first-order chi connectivity index (χ1) is 8.22. The van der Waals surface area contributed by atoms with Crippen LogP contribution < -0.4 is 22.1 Å². The molecule has 2 aromatic rings. The molecule has 0 radical (unpaired) electrons. The van der Waals surface area contributed by atoms with E-state index in [0.29, 0.717) is 5.69 Å². The molecule has 0 bridgehead atoms. The van der Waals surface area contributed by atoms with Crippen molar-refractivity contribution in [1.82, 2.24) is 5.43 Å². The summed E-state index contributed by atoms with van der Waals surface area (Å²) in [6.45, 7) is 0. The average molecular weight is 248 g/mol. The standard InChI is InChI=1S/C11H12N4OS/c12-14-11(16)15(13)9-4-1-3-8(7-9)10-5-2-6-17-10/h1-7H,12-13H2,(H,14,16). The zero-order chi connectivity index (χ0) is 12.3. The molecule has 0 saturated heterocycles. The van der Waals surface area contributed by atoms with E-state index in [0.717, 1.165) is 15.4 Å². The van der Waals surface area contributed by atoms with Crippen LogP contribution in [-0.2, 0) is 0 Å². The largest absolute Gasteiger partial charge is 0.350 e. The summed E-state index contributed by atoms with van der Waals surface area (Å²) >= 11 is 1.63. The van der Waals surface area contributed by atoms with Crippen molar-refractivity contribution in [2.45, 2.75) is 0 Å². The van der Waals surface area contributed by atoms with Gasteiger partial charge in [-0.05, 0) is 29.1 Å². The molecule has 0 spiro atoms. The van der Waals surface area contributed by atoms with E-state index in [1.165, 1.54) is 0 Å². The summed E-state index contributed by atoms with van der Waals surface area (Å²) in [5.74, 6) is 10.6. The molecule has 0 fully saturated rings. The summed E-state index contributed by atoms with van der Waals surface area (Å²) < 4.78 is 0. The highest BCUT2D eigenvalue weighted by Gasteiger charge is 2.10. The van der Waals surface area contributed by atoms with E-state index >= 15 is 0 Å². The predicted molar refractivity (Wildman–Crippen MR) is 69.1 cm³/mol. The van der Waals surface area contributed by atoms with Crippen molar-refractivity contribution in [2.75, 3.05) is 5.01 Å². The van der Waals surface area contributed by atoms with Gasteiger partial charge in [-0.15, -0.1) is 11.3 Å². The molecule has 1 aromatic carbocycles. The van der Waals surface area contributed by atoms with Crippen LogP contribution in [0.1, 0.15) is 0 Å². The van der Waals surface area contributed by atoms with Crippen molar-refractivity contribution in [3.05, 3.63) is 41.8 Å². The minimum Gasteiger partial charge on any atom is -0.274 e. The summed E-state index contributed by atoms with van der Waals surface area (Å²) in [6, 6.07) is 10.8. The summed E-state index contributed by atoms with van der Waals surface area (Å²) in [4.78, 5) is 12.4. The summed E-state index contributed by atoms with van der Waals surface area (Å²) in [7, 11) is 0. The van der Waals surface area contributed by atoms with Gasteiger partial charge in [-0.2, -0.15) is 0 Å². The molecule has 6 heteroatoms. The first-order valence-corrected chi connectivity index (χ1v) is 5.79. The topological polar surface area (TPSA) is 84.4 Å². The average Bonchev–Trinajstić information content (AvgIpc) is 2.91. The molecule has 0 unspecified atom stereocenters. The Labute approximate surface area is 103 Å². The fourth-order valence-electron chi connectivity index (χ4n) is 1.44. The molecule has 2 rings (SSSR count). The van der Waals surface area contributed by atoms with Crippen LogP contribution in [0.4, 0.5) is 10.5 Å². The third kappa shape index (κ3) is 2.44. The lowest BCUT2D eigenvalue weighted by Crippen LogP contribution is -2.47. The number of benzene rings is 1. The molecule has 5 N–H and O–H groups in total. The van der Waals surface area contributed by atoms with Gasteiger partial charge in [0.2, 0.25) is 0 Å². The van der Waals surface area contributed by atoms with Gasteiger partial charge in [0.15, 0.2) is 0 Å². The van der Waals surface area contributed by atoms with Crippen molar-refractivity contribution >= 4 is 23.1 Å². The van der Waals surface area contributed by atoms with E-state index in [-0.39, 0.29) is 0 Å². The molecule has 0 atom stereocenters. The predicted octanol–water partition coefficient (Wildman–Crippen LogP) is 1.68. The van der Waals surface area contributed by atoms with Crippen molar-refractivity contribution in [1.29, 1.82) is 0 Å². The lowest BCUT2D eigenvalue weighted by molar-refractivity contribution is 0.246. The van der Waals surface area contributed by atoms with Crippen LogP contribution in [0.2, 0.25) is 0 Å². The van der Waals surface area contributed by atoms with Gasteiger partial charge in [0, 0.05) is 4.88 Å². The van der Waals surface area contributed by atoms with Gasteiger partial charge in [-0.1, -0.05) is 18.2 Å². The normalized spacial score (nSPS) is 10.0. The van der Waals surface area contributed by atoms with Gasteiger partial charge < -0.3 is 0 Å². The first kappa shape index (κ1) is 11.6. The summed E-state index contributed by atoms with van der Waals surface area (Å²) in [6.07, 6.45) is 0. The van der Waals surface area contributed by atoms with E-state index in [4.69, 9.17) is 11.7 Å². The monoisotopic (exact) mass is 248 g/mol. The van der Waals surface area contributed by atoms with Gasteiger partial charge in [0.05, 0.1) is 5.69 Å². The molecule has 0 aliphatic rings. The van der Waals surface area contributed by atoms with Gasteiger partial charge in [0.25, 0.3) is 0 Å². The minimum absolute atomic E-state index is 0.562. The molecular formula is C11H12N4OS. The number of anilines is 1. The number of amides is 2. The van der Waals surface area contributed by atoms with Crippen molar-refractivity contribution < 1.29 is 4.79 Å². The van der Waals surface area contributed by atoms with Crippen molar-refractivity contribution in [2.24, 2.45) is 11.7 Å². The Morgan fingerprint density at radius 1 is 1.29 bits per heavy atom. The maximum absolute atomic E-state index is 11.3. The SMILES string of the molecule is NNC(=O)N(N)c1cccc(-c2cccs2)c1. The number of hydrazine groups is 2. The number of carbonyl (C=O) groups is 1. The number of carbonyl (C=O) groups excluding carboxylic acids is 1. The zero-order valence-corrected chi connectivity index (χ0v) is 9.78. The van der Waals surface area contributed by atoms with E-state index in [2.05, 4.69) is 0 Å². The molecule has 5 nitrogen and oxygen atoms in total. The van der Waals surface area contributed by atoms with Crippen LogP contribution in [0, 0.1) is 0 Å². The Bertz CT molecular complexity index is 512. The van der Waals surface area contributed by atoms with Gasteiger partial charge in [-0.25, -0.2) is 21.5 Å². The molecule has 1 aromatic heterocycles. The number of nitrogens with two attached hydrogens (primary N) is 2. The fourth-order valence-corrected chi connectivity index (χ4v) is 2.16. The highest BCUT2D eigenvalue weighted by atomic mass is 32.1. The number of hydrogen-bond donors (Lipinski definition) is 3. The second-order valence-electron chi connectivity index (χ2n) is 3.35. The van der Waals surface area contributed by atoms with E-state index in [1.54, 1.807) is 17.4 Å². The molecule has 0 aliphatic heterocycles. The van der Waals surface area contributed by atoms with E-state index in [9.17, 15) is 4.79 Å². The van der Waals surface area contributed by atoms with Gasteiger partial charge >= 0.3 is 6.03 Å². The lowest BCUT2D eigenvalue weighted by Gasteiger charge is -2.16. The van der Waals surface area contributed by atoms with Gasteiger partial charge in [-0.3, -0.25) is 5.43 Å². The molecule has 17 heavy (non-hydrogen) atoms. The fraction of sp³-hybridized carbons (Fsp3) is 0. The second-order valence-corrected chi connectivity index (χ2v) is 4.29. The van der Waals surface area contributed by atoms with Gasteiger partial charge in [0.1, 0.15) is 0 Å².